The van der Waals surface area contributed by atoms with Crippen molar-refractivity contribution >= 4 is 11.8 Å². The Morgan fingerprint density at radius 3 is 2.21 bits per heavy atom. The summed E-state index contributed by atoms with van der Waals surface area (Å²) >= 11 is 0. The molecule has 2 atom stereocenters. The largest absolute Gasteiger partial charge is 0.497 e. The van der Waals surface area contributed by atoms with E-state index in [0.29, 0.717) is 30.1 Å². The predicted octanol–water partition coefficient (Wildman–Crippen LogP) is 5.20. The van der Waals surface area contributed by atoms with E-state index in [2.05, 4.69) is 5.32 Å². The Morgan fingerprint density at radius 2 is 1.54 bits per heavy atom. The standard InChI is InChI=1S/C32H40N2O5/c1-6-23(2)33-32(36)28(20-24-11-8-7-9-12-24)34(22-26-13-10-14-27(19-26)37-3)31(35)18-16-25-15-17-29(38-4)30(21-25)39-5/h7-15,17,19,21,23,28H,6,16,18,20,22H2,1-5H3,(H,33,36)/t23-,28-/m1/s1. The summed E-state index contributed by atoms with van der Waals surface area (Å²) in [5.41, 5.74) is 2.83. The summed E-state index contributed by atoms with van der Waals surface area (Å²) in [4.78, 5) is 29.3. The summed E-state index contributed by atoms with van der Waals surface area (Å²) in [5.74, 6) is 1.69. The van der Waals surface area contributed by atoms with E-state index in [4.69, 9.17) is 14.2 Å². The second-order valence-electron chi connectivity index (χ2n) is 9.59. The molecule has 7 heteroatoms. The summed E-state index contributed by atoms with van der Waals surface area (Å²) in [7, 11) is 4.80. The highest BCUT2D eigenvalue weighted by molar-refractivity contribution is 5.88. The Morgan fingerprint density at radius 1 is 0.821 bits per heavy atom. The van der Waals surface area contributed by atoms with Gasteiger partial charge in [0.2, 0.25) is 11.8 Å². The van der Waals surface area contributed by atoms with Gasteiger partial charge < -0.3 is 24.4 Å². The van der Waals surface area contributed by atoms with Gasteiger partial charge in [-0.25, -0.2) is 0 Å². The van der Waals surface area contributed by atoms with Crippen LogP contribution in [0.25, 0.3) is 0 Å². The Labute approximate surface area is 232 Å². The minimum Gasteiger partial charge on any atom is -0.497 e. The zero-order valence-electron chi connectivity index (χ0n) is 23.6. The Hall–Kier alpha value is -4.00. The lowest BCUT2D eigenvalue weighted by molar-refractivity contribution is -0.141. The number of nitrogens with zero attached hydrogens (tertiary/aromatic N) is 1. The predicted molar refractivity (Wildman–Crippen MR) is 153 cm³/mol. The van der Waals surface area contributed by atoms with Crippen LogP contribution < -0.4 is 19.5 Å². The molecule has 3 rings (SSSR count). The van der Waals surface area contributed by atoms with Crippen molar-refractivity contribution in [3.8, 4) is 17.2 Å². The molecule has 208 valence electrons. The number of methoxy groups -OCH3 is 3. The van der Waals surface area contributed by atoms with Crippen LogP contribution in [0.3, 0.4) is 0 Å². The molecule has 2 amide bonds. The second kappa shape index (κ2) is 14.8. The van der Waals surface area contributed by atoms with Crippen LogP contribution in [0.5, 0.6) is 17.2 Å². The third-order valence-electron chi connectivity index (χ3n) is 6.83. The number of amides is 2. The molecule has 0 aliphatic heterocycles. The first-order valence-corrected chi connectivity index (χ1v) is 13.4. The van der Waals surface area contributed by atoms with E-state index < -0.39 is 6.04 Å². The first-order valence-electron chi connectivity index (χ1n) is 13.4. The summed E-state index contributed by atoms with van der Waals surface area (Å²) in [5, 5.41) is 3.11. The molecule has 0 aliphatic rings. The lowest BCUT2D eigenvalue weighted by Crippen LogP contribution is -2.52. The van der Waals surface area contributed by atoms with E-state index >= 15 is 0 Å². The normalized spacial score (nSPS) is 12.2. The lowest BCUT2D eigenvalue weighted by atomic mass is 10.0. The fourth-order valence-corrected chi connectivity index (χ4v) is 4.39. The van der Waals surface area contributed by atoms with Gasteiger partial charge in [-0.05, 0) is 60.7 Å². The second-order valence-corrected chi connectivity index (χ2v) is 9.59. The number of carbonyl (C=O) groups excluding carboxylic acids is 2. The molecule has 0 spiro atoms. The Balaban J connectivity index is 1.93. The van der Waals surface area contributed by atoms with Crippen LogP contribution in [0, 0.1) is 0 Å². The zero-order valence-corrected chi connectivity index (χ0v) is 23.6. The number of benzene rings is 3. The third kappa shape index (κ3) is 8.50. The summed E-state index contributed by atoms with van der Waals surface area (Å²) < 4.78 is 16.2. The highest BCUT2D eigenvalue weighted by Crippen LogP contribution is 2.28. The molecule has 0 radical (unpaired) electrons. The average Bonchev–Trinajstić information content (AvgIpc) is 2.97. The van der Waals surface area contributed by atoms with Crippen molar-refractivity contribution in [2.75, 3.05) is 21.3 Å². The zero-order chi connectivity index (χ0) is 28.2. The monoisotopic (exact) mass is 532 g/mol. The van der Waals surface area contributed by atoms with Crippen LogP contribution in [-0.4, -0.2) is 50.1 Å². The topological polar surface area (TPSA) is 77.1 Å². The molecule has 3 aromatic carbocycles. The highest BCUT2D eigenvalue weighted by atomic mass is 16.5. The molecular weight excluding hydrogens is 492 g/mol. The van der Waals surface area contributed by atoms with Crippen molar-refractivity contribution in [1.82, 2.24) is 10.2 Å². The minimum atomic E-state index is -0.675. The van der Waals surface area contributed by atoms with Crippen molar-refractivity contribution in [2.45, 2.75) is 58.2 Å². The number of hydrogen-bond acceptors (Lipinski definition) is 5. The molecule has 7 nitrogen and oxygen atoms in total. The maximum Gasteiger partial charge on any atom is 0.243 e. The van der Waals surface area contributed by atoms with E-state index in [9.17, 15) is 9.59 Å². The first-order chi connectivity index (χ1) is 18.9. The molecule has 0 heterocycles. The van der Waals surface area contributed by atoms with E-state index in [1.165, 1.54) is 0 Å². The van der Waals surface area contributed by atoms with Crippen LogP contribution in [-0.2, 0) is 29.0 Å². The van der Waals surface area contributed by atoms with Gasteiger partial charge in [0.1, 0.15) is 11.8 Å². The van der Waals surface area contributed by atoms with Crippen LogP contribution in [0.1, 0.15) is 43.4 Å². The highest BCUT2D eigenvalue weighted by Gasteiger charge is 2.31. The van der Waals surface area contributed by atoms with Gasteiger partial charge in [-0.1, -0.05) is 55.5 Å². The number of aryl methyl sites for hydroxylation is 1. The number of ether oxygens (including phenoxy) is 3. The summed E-state index contributed by atoms with van der Waals surface area (Å²) in [6, 6.07) is 22.4. The molecule has 0 aromatic heterocycles. The molecule has 1 N–H and O–H groups in total. The summed E-state index contributed by atoms with van der Waals surface area (Å²) in [6.07, 6.45) is 1.95. The molecule has 39 heavy (non-hydrogen) atoms. The van der Waals surface area contributed by atoms with E-state index in [-0.39, 0.29) is 30.8 Å². The number of rotatable bonds is 14. The third-order valence-corrected chi connectivity index (χ3v) is 6.83. The lowest BCUT2D eigenvalue weighted by Gasteiger charge is -2.32. The van der Waals surface area contributed by atoms with Crippen molar-refractivity contribution in [1.29, 1.82) is 0 Å². The van der Waals surface area contributed by atoms with Gasteiger partial charge in [0.15, 0.2) is 11.5 Å². The average molecular weight is 533 g/mol. The first kappa shape index (κ1) is 29.6. The van der Waals surface area contributed by atoms with Gasteiger partial charge in [-0.15, -0.1) is 0 Å². The molecule has 0 aliphatic carbocycles. The maximum atomic E-state index is 13.9. The molecule has 0 saturated heterocycles. The fourth-order valence-electron chi connectivity index (χ4n) is 4.39. The number of carbonyl (C=O) groups is 2. The number of hydrogen-bond donors (Lipinski definition) is 1. The van der Waals surface area contributed by atoms with Crippen molar-refractivity contribution in [3.05, 3.63) is 89.5 Å². The van der Waals surface area contributed by atoms with Crippen molar-refractivity contribution in [3.63, 3.8) is 0 Å². The van der Waals surface area contributed by atoms with Crippen molar-refractivity contribution < 1.29 is 23.8 Å². The smallest absolute Gasteiger partial charge is 0.243 e. The van der Waals surface area contributed by atoms with Gasteiger partial charge >= 0.3 is 0 Å². The summed E-state index contributed by atoms with van der Waals surface area (Å²) in [6.45, 7) is 4.29. The maximum absolute atomic E-state index is 13.9. The molecule has 0 unspecified atom stereocenters. The van der Waals surface area contributed by atoms with Gasteiger partial charge in [0.05, 0.1) is 21.3 Å². The minimum absolute atomic E-state index is 0.00342. The fraction of sp³-hybridized carbons (Fsp3) is 0.375. The van der Waals surface area contributed by atoms with Crippen molar-refractivity contribution in [2.24, 2.45) is 0 Å². The van der Waals surface area contributed by atoms with E-state index in [1.54, 1.807) is 26.2 Å². The number of nitrogens with one attached hydrogen (secondary N) is 1. The Bertz CT molecular complexity index is 1210. The van der Waals surface area contributed by atoms with Crippen LogP contribution in [0.2, 0.25) is 0 Å². The van der Waals surface area contributed by atoms with Crippen LogP contribution >= 0.6 is 0 Å². The molecule has 0 fully saturated rings. The molecule has 0 saturated carbocycles. The Kier molecular flexibility index (Phi) is 11.2. The SMILES string of the molecule is CC[C@@H](C)NC(=O)[C@@H](Cc1ccccc1)N(Cc1cccc(OC)c1)C(=O)CCc1ccc(OC)c(OC)c1. The van der Waals surface area contributed by atoms with Gasteiger partial charge in [0.25, 0.3) is 0 Å². The molecule has 0 bridgehead atoms. The molecule has 3 aromatic rings. The van der Waals surface area contributed by atoms with Gasteiger partial charge in [-0.3, -0.25) is 9.59 Å². The van der Waals surface area contributed by atoms with Crippen LogP contribution in [0.4, 0.5) is 0 Å². The van der Waals surface area contributed by atoms with E-state index in [1.807, 2.05) is 86.6 Å². The van der Waals surface area contributed by atoms with Crippen LogP contribution in [0.15, 0.2) is 72.8 Å². The van der Waals surface area contributed by atoms with Gasteiger partial charge in [0, 0.05) is 25.4 Å². The van der Waals surface area contributed by atoms with E-state index in [0.717, 1.165) is 23.1 Å². The quantitative estimate of drug-likeness (QED) is 0.309. The molecular formula is C32H40N2O5. The van der Waals surface area contributed by atoms with Gasteiger partial charge in [-0.2, -0.15) is 0 Å².